The molecule has 0 saturated heterocycles. The molecule has 104 valence electrons. The topological polar surface area (TPSA) is 90.0 Å². The molecule has 3 N–H and O–H groups in total. The van der Waals surface area contributed by atoms with Crippen molar-refractivity contribution in [3.63, 3.8) is 0 Å². The van der Waals surface area contributed by atoms with Gasteiger partial charge in [0.2, 0.25) is 5.91 Å². The highest BCUT2D eigenvalue weighted by atomic mass is 32.2. The van der Waals surface area contributed by atoms with Crippen LogP contribution in [0.4, 0.5) is 5.82 Å². The number of aromatic nitrogens is 2. The van der Waals surface area contributed by atoms with Crippen molar-refractivity contribution < 1.29 is 4.79 Å². The molecule has 1 aliphatic rings. The highest BCUT2D eigenvalue weighted by Gasteiger charge is 2.32. The van der Waals surface area contributed by atoms with Crippen molar-refractivity contribution in [2.75, 3.05) is 11.1 Å². The maximum Gasteiger partial charge on any atom is 0.259 e. The van der Waals surface area contributed by atoms with E-state index in [-0.39, 0.29) is 23.3 Å². The monoisotopic (exact) mass is 282 g/mol. The maximum atomic E-state index is 12.4. The number of nitrogens with zero attached hydrogens (tertiary/aromatic N) is 2. The highest BCUT2D eigenvalue weighted by molar-refractivity contribution is 7.99. The van der Waals surface area contributed by atoms with Gasteiger partial charge in [0, 0.05) is 19.0 Å². The molecule has 0 fully saturated rings. The van der Waals surface area contributed by atoms with Crippen molar-refractivity contribution in [1.82, 2.24) is 9.55 Å². The molecule has 0 bridgehead atoms. The van der Waals surface area contributed by atoms with Gasteiger partial charge in [0.1, 0.15) is 5.82 Å². The lowest BCUT2D eigenvalue weighted by Crippen LogP contribution is -2.25. The number of carbonyl (C=O) groups is 1. The predicted octanol–water partition coefficient (Wildman–Crippen LogP) is 0.665. The lowest BCUT2D eigenvalue weighted by molar-refractivity contribution is -0.115. The molecule has 0 aliphatic carbocycles. The molecular weight excluding hydrogens is 264 g/mol. The third kappa shape index (κ3) is 2.47. The Balaban J connectivity index is 2.43. The smallest absolute Gasteiger partial charge is 0.259 e. The summed E-state index contributed by atoms with van der Waals surface area (Å²) in [5.41, 5.74) is 5.83. The fraction of sp³-hybridized carbons (Fsp3) is 0.583. The molecule has 2 heterocycles. The molecule has 0 radical (unpaired) electrons. The SMILES string of the molecule is CCC1c2c(nc(SCC(N)=O)n(C)c2=O)NC1C. The Labute approximate surface area is 115 Å². The Morgan fingerprint density at radius 2 is 2.26 bits per heavy atom. The number of carbonyl (C=O) groups excluding carboxylic acids is 1. The van der Waals surface area contributed by atoms with Gasteiger partial charge in [0.05, 0.1) is 11.3 Å². The van der Waals surface area contributed by atoms with Crippen LogP contribution in [0.2, 0.25) is 0 Å². The van der Waals surface area contributed by atoms with Crippen LogP contribution in [-0.2, 0) is 11.8 Å². The zero-order valence-corrected chi connectivity index (χ0v) is 12.1. The quantitative estimate of drug-likeness (QED) is 0.625. The summed E-state index contributed by atoms with van der Waals surface area (Å²) in [4.78, 5) is 27.7. The molecule has 0 saturated carbocycles. The van der Waals surface area contributed by atoms with Crippen molar-refractivity contribution in [2.24, 2.45) is 12.8 Å². The summed E-state index contributed by atoms with van der Waals surface area (Å²) in [6.45, 7) is 4.11. The highest BCUT2D eigenvalue weighted by Crippen LogP contribution is 2.35. The third-order valence-electron chi connectivity index (χ3n) is 3.41. The van der Waals surface area contributed by atoms with Crippen LogP contribution in [0.3, 0.4) is 0 Å². The van der Waals surface area contributed by atoms with Crippen LogP contribution < -0.4 is 16.6 Å². The van der Waals surface area contributed by atoms with Gasteiger partial charge in [-0.2, -0.15) is 0 Å². The van der Waals surface area contributed by atoms with Gasteiger partial charge in [-0.3, -0.25) is 14.2 Å². The van der Waals surface area contributed by atoms with Crippen LogP contribution in [0.5, 0.6) is 0 Å². The maximum absolute atomic E-state index is 12.4. The molecule has 1 aliphatic heterocycles. The number of amides is 1. The van der Waals surface area contributed by atoms with Gasteiger partial charge in [-0.15, -0.1) is 0 Å². The predicted molar refractivity (Wildman–Crippen MR) is 75.5 cm³/mol. The van der Waals surface area contributed by atoms with Crippen molar-refractivity contribution in [1.29, 1.82) is 0 Å². The Morgan fingerprint density at radius 3 is 2.84 bits per heavy atom. The summed E-state index contributed by atoms with van der Waals surface area (Å²) in [6.07, 6.45) is 0.895. The summed E-state index contributed by atoms with van der Waals surface area (Å²) in [7, 11) is 1.68. The van der Waals surface area contributed by atoms with Crippen molar-refractivity contribution >= 4 is 23.5 Å². The normalized spacial score (nSPS) is 21.0. The number of hydrogen-bond donors (Lipinski definition) is 2. The molecule has 2 unspecified atom stereocenters. The van der Waals surface area contributed by atoms with Crippen molar-refractivity contribution in [2.45, 2.75) is 37.4 Å². The first-order chi connectivity index (χ1) is 8.95. The Bertz CT molecular complexity index is 570. The molecular formula is C12H18N4O2S. The zero-order valence-electron chi connectivity index (χ0n) is 11.3. The molecule has 19 heavy (non-hydrogen) atoms. The number of anilines is 1. The van der Waals surface area contributed by atoms with Crippen LogP contribution in [-0.4, -0.2) is 27.3 Å². The Hall–Kier alpha value is -1.50. The van der Waals surface area contributed by atoms with Crippen molar-refractivity contribution in [3.05, 3.63) is 15.9 Å². The molecule has 2 atom stereocenters. The Morgan fingerprint density at radius 1 is 1.58 bits per heavy atom. The number of hydrogen-bond acceptors (Lipinski definition) is 5. The van der Waals surface area contributed by atoms with E-state index in [1.165, 1.54) is 16.3 Å². The summed E-state index contributed by atoms with van der Waals surface area (Å²) in [5.74, 6) is 0.532. The first-order valence-electron chi connectivity index (χ1n) is 6.24. The largest absolute Gasteiger partial charge is 0.369 e. The van der Waals surface area contributed by atoms with Gasteiger partial charge < -0.3 is 11.1 Å². The summed E-state index contributed by atoms with van der Waals surface area (Å²) < 4.78 is 1.49. The minimum atomic E-state index is -0.424. The Kier molecular flexibility index (Phi) is 3.84. The number of rotatable bonds is 4. The molecule has 1 aromatic rings. The van der Waals surface area contributed by atoms with Gasteiger partial charge in [-0.25, -0.2) is 4.98 Å². The van der Waals surface area contributed by atoms with Crippen molar-refractivity contribution in [3.8, 4) is 0 Å². The van der Waals surface area contributed by atoms with E-state index in [1.807, 2.05) is 6.92 Å². The van der Waals surface area contributed by atoms with E-state index in [0.717, 1.165) is 12.0 Å². The molecule has 1 amide bonds. The first-order valence-corrected chi connectivity index (χ1v) is 7.22. The van der Waals surface area contributed by atoms with E-state index >= 15 is 0 Å². The van der Waals surface area contributed by atoms with Crippen LogP contribution in [0.1, 0.15) is 31.7 Å². The van der Waals surface area contributed by atoms with Gasteiger partial charge >= 0.3 is 0 Å². The van der Waals surface area contributed by atoms with Gasteiger partial charge in [-0.1, -0.05) is 18.7 Å². The molecule has 7 heteroatoms. The second-order valence-corrected chi connectivity index (χ2v) is 5.67. The minimum Gasteiger partial charge on any atom is -0.369 e. The van der Waals surface area contributed by atoms with E-state index in [2.05, 4.69) is 17.2 Å². The zero-order chi connectivity index (χ0) is 14.2. The number of fused-ring (bicyclic) bond motifs is 1. The minimum absolute atomic E-state index is 0.0410. The molecule has 2 rings (SSSR count). The lowest BCUT2D eigenvalue weighted by atomic mass is 9.95. The number of nitrogens with one attached hydrogen (secondary N) is 1. The van der Waals surface area contributed by atoms with Crippen LogP contribution in [0, 0.1) is 0 Å². The van der Waals surface area contributed by atoms with Gasteiger partial charge in [0.25, 0.3) is 5.56 Å². The van der Waals surface area contributed by atoms with Gasteiger partial charge in [-0.05, 0) is 13.3 Å². The van der Waals surface area contributed by atoms with E-state index in [1.54, 1.807) is 7.05 Å². The van der Waals surface area contributed by atoms with Crippen LogP contribution >= 0.6 is 11.8 Å². The van der Waals surface area contributed by atoms with E-state index in [4.69, 9.17) is 5.73 Å². The molecule has 1 aromatic heterocycles. The number of nitrogens with two attached hydrogens (primary N) is 1. The third-order valence-corrected chi connectivity index (χ3v) is 4.46. The summed E-state index contributed by atoms with van der Waals surface area (Å²) in [5, 5.41) is 3.75. The molecule has 0 aromatic carbocycles. The second kappa shape index (κ2) is 5.24. The number of thioether (sulfide) groups is 1. The van der Waals surface area contributed by atoms with Gasteiger partial charge in [0.15, 0.2) is 5.16 Å². The first kappa shape index (κ1) is 13.9. The fourth-order valence-corrected chi connectivity index (χ4v) is 3.14. The standard InChI is InChI=1S/C12H18N4O2S/c1-4-7-6(2)14-10-9(7)11(18)16(3)12(15-10)19-5-8(13)17/h6-7,14H,4-5H2,1-3H3,(H2,13,17). The average Bonchev–Trinajstić information content (AvgIpc) is 2.67. The van der Waals surface area contributed by atoms with Crippen LogP contribution in [0.15, 0.2) is 9.95 Å². The second-order valence-electron chi connectivity index (χ2n) is 4.72. The molecule has 0 spiro atoms. The van der Waals surface area contributed by atoms with E-state index in [0.29, 0.717) is 11.0 Å². The van der Waals surface area contributed by atoms with Crippen LogP contribution in [0.25, 0.3) is 0 Å². The van der Waals surface area contributed by atoms with E-state index < -0.39 is 5.91 Å². The summed E-state index contributed by atoms with van der Waals surface area (Å²) in [6, 6.07) is 0.205. The fourth-order valence-electron chi connectivity index (χ4n) is 2.43. The number of primary amides is 1. The average molecular weight is 282 g/mol. The summed E-state index contributed by atoms with van der Waals surface area (Å²) >= 11 is 1.18. The van der Waals surface area contributed by atoms with E-state index in [9.17, 15) is 9.59 Å². The lowest BCUT2D eigenvalue weighted by Gasteiger charge is -2.12. The molecule has 6 nitrogen and oxygen atoms in total.